The van der Waals surface area contributed by atoms with Gasteiger partial charge >= 0.3 is 12.1 Å². The SMILES string of the molecule is C=CCCOc1cc(C2=NC3(CCN(S(=O)CCc4ccc(C(=O)O)cc4C)CC3)C(=O)N2)cc(C(F)(F)F)c1. The van der Waals surface area contributed by atoms with Crippen LogP contribution in [0.25, 0.3) is 0 Å². The van der Waals surface area contributed by atoms with Gasteiger partial charge in [0.25, 0.3) is 5.91 Å². The molecule has 12 heteroatoms. The number of alkyl halides is 3. The molecule has 2 aliphatic rings. The molecule has 40 heavy (non-hydrogen) atoms. The lowest BCUT2D eigenvalue weighted by molar-refractivity contribution is -0.137. The Morgan fingerprint density at radius 1 is 1.25 bits per heavy atom. The molecule has 1 unspecified atom stereocenters. The second kappa shape index (κ2) is 11.9. The first-order valence-electron chi connectivity index (χ1n) is 12.8. The second-order valence-corrected chi connectivity index (χ2v) is 11.3. The number of amidine groups is 1. The average molecular weight is 578 g/mol. The minimum Gasteiger partial charge on any atom is -0.493 e. The van der Waals surface area contributed by atoms with E-state index in [2.05, 4.69) is 16.9 Å². The zero-order chi connectivity index (χ0) is 29.1. The van der Waals surface area contributed by atoms with Crippen LogP contribution in [0.2, 0.25) is 0 Å². The molecule has 1 saturated heterocycles. The number of nitrogens with one attached hydrogen (secondary N) is 1. The Labute approximate surface area is 232 Å². The third-order valence-corrected chi connectivity index (χ3v) is 8.55. The van der Waals surface area contributed by atoms with Crippen LogP contribution in [0.3, 0.4) is 0 Å². The van der Waals surface area contributed by atoms with Gasteiger partial charge in [-0.05, 0) is 74.1 Å². The van der Waals surface area contributed by atoms with Crippen LogP contribution in [0.1, 0.15) is 51.9 Å². The number of aliphatic imine (C=N–C) groups is 1. The van der Waals surface area contributed by atoms with Crippen molar-refractivity contribution < 1.29 is 36.8 Å². The summed E-state index contributed by atoms with van der Waals surface area (Å²) in [6.45, 7) is 6.19. The quantitative estimate of drug-likeness (QED) is 0.324. The largest absolute Gasteiger partial charge is 0.493 e. The first kappa shape index (κ1) is 29.5. The van der Waals surface area contributed by atoms with E-state index in [4.69, 9.17) is 9.84 Å². The van der Waals surface area contributed by atoms with Crippen molar-refractivity contribution in [3.8, 4) is 5.75 Å². The lowest BCUT2D eigenvalue weighted by Crippen LogP contribution is -2.49. The highest BCUT2D eigenvalue weighted by Gasteiger charge is 2.47. The van der Waals surface area contributed by atoms with Crippen LogP contribution in [0.15, 0.2) is 54.0 Å². The summed E-state index contributed by atoms with van der Waals surface area (Å²) in [5, 5.41) is 11.8. The maximum atomic E-state index is 13.6. The van der Waals surface area contributed by atoms with Gasteiger partial charge in [0.1, 0.15) is 17.1 Å². The number of halogens is 3. The number of nitrogens with zero attached hydrogens (tertiary/aromatic N) is 2. The van der Waals surface area contributed by atoms with E-state index in [0.717, 1.165) is 23.3 Å². The summed E-state index contributed by atoms with van der Waals surface area (Å²) in [5.74, 6) is -0.997. The lowest BCUT2D eigenvalue weighted by atomic mass is 9.89. The molecular weight excluding hydrogens is 547 g/mol. The number of piperidine rings is 1. The smallest absolute Gasteiger partial charge is 0.416 e. The molecule has 0 bridgehead atoms. The van der Waals surface area contributed by atoms with Gasteiger partial charge in [-0.3, -0.25) is 9.79 Å². The van der Waals surface area contributed by atoms with Gasteiger partial charge in [0.2, 0.25) is 0 Å². The van der Waals surface area contributed by atoms with Crippen molar-refractivity contribution in [1.29, 1.82) is 0 Å². The number of rotatable bonds is 10. The van der Waals surface area contributed by atoms with Crippen LogP contribution in [0.5, 0.6) is 5.75 Å². The summed E-state index contributed by atoms with van der Waals surface area (Å²) < 4.78 is 60.9. The number of amides is 1. The number of carbonyl (C=O) groups excluding carboxylic acids is 1. The minimum atomic E-state index is -4.61. The number of carbonyl (C=O) groups is 2. The van der Waals surface area contributed by atoms with E-state index >= 15 is 0 Å². The maximum absolute atomic E-state index is 13.6. The van der Waals surface area contributed by atoms with Crippen LogP contribution < -0.4 is 10.1 Å². The fourth-order valence-electron chi connectivity index (χ4n) is 4.73. The molecule has 2 aliphatic heterocycles. The van der Waals surface area contributed by atoms with Gasteiger partial charge in [-0.25, -0.2) is 13.3 Å². The Kier molecular flexibility index (Phi) is 8.79. The predicted octanol–water partition coefficient (Wildman–Crippen LogP) is 4.28. The third kappa shape index (κ3) is 6.61. The molecule has 8 nitrogen and oxygen atoms in total. The van der Waals surface area contributed by atoms with Gasteiger partial charge in [-0.15, -0.1) is 6.58 Å². The summed E-state index contributed by atoms with van der Waals surface area (Å²) in [6.07, 6.45) is -1.53. The van der Waals surface area contributed by atoms with E-state index < -0.39 is 40.1 Å². The molecule has 4 rings (SSSR count). The number of hydrogen-bond donors (Lipinski definition) is 2. The average Bonchev–Trinajstić information content (AvgIpc) is 3.22. The molecule has 0 aliphatic carbocycles. The van der Waals surface area contributed by atoms with Crippen molar-refractivity contribution in [3.05, 3.63) is 76.9 Å². The number of carboxylic acid groups (broad SMARTS) is 1. The van der Waals surface area contributed by atoms with E-state index in [1.807, 2.05) is 6.92 Å². The highest BCUT2D eigenvalue weighted by atomic mass is 32.2. The molecule has 2 aromatic carbocycles. The van der Waals surface area contributed by atoms with Crippen LogP contribution in [-0.2, 0) is 28.4 Å². The molecule has 2 heterocycles. The van der Waals surface area contributed by atoms with Crippen molar-refractivity contribution >= 4 is 28.7 Å². The summed E-state index contributed by atoms with van der Waals surface area (Å²) in [5.41, 5.74) is -0.0382. The van der Waals surface area contributed by atoms with Crippen molar-refractivity contribution in [2.75, 3.05) is 25.4 Å². The van der Waals surface area contributed by atoms with Crippen LogP contribution >= 0.6 is 0 Å². The summed E-state index contributed by atoms with van der Waals surface area (Å²) in [7, 11) is -1.33. The normalized spacial score (nSPS) is 17.8. The highest BCUT2D eigenvalue weighted by molar-refractivity contribution is 7.82. The fourth-order valence-corrected chi connectivity index (χ4v) is 5.97. The number of ether oxygens (including phenoxy) is 1. The van der Waals surface area contributed by atoms with Crippen LogP contribution in [0.4, 0.5) is 13.2 Å². The number of aryl methyl sites for hydroxylation is 2. The third-order valence-electron chi connectivity index (χ3n) is 7.05. The molecule has 1 amide bonds. The molecule has 2 aromatic rings. The summed E-state index contributed by atoms with van der Waals surface area (Å²) in [4.78, 5) is 28.7. The number of hydrogen-bond acceptors (Lipinski definition) is 5. The molecule has 1 spiro atoms. The molecule has 1 fully saturated rings. The van der Waals surface area contributed by atoms with E-state index in [9.17, 15) is 27.0 Å². The maximum Gasteiger partial charge on any atom is 0.416 e. The first-order chi connectivity index (χ1) is 18.9. The van der Waals surface area contributed by atoms with Crippen molar-refractivity contribution in [2.45, 2.75) is 44.3 Å². The summed E-state index contributed by atoms with van der Waals surface area (Å²) in [6, 6.07) is 8.10. The zero-order valence-corrected chi connectivity index (χ0v) is 22.7. The lowest BCUT2D eigenvalue weighted by Gasteiger charge is -2.34. The molecule has 0 aromatic heterocycles. The molecule has 214 valence electrons. The molecule has 1 atom stereocenters. The Hall–Kier alpha value is -3.51. The molecular formula is C28H30F3N3O5S. The first-order valence-corrected chi connectivity index (χ1v) is 14.0. The molecule has 2 N–H and O–H groups in total. The predicted molar refractivity (Wildman–Crippen MR) is 145 cm³/mol. The summed E-state index contributed by atoms with van der Waals surface area (Å²) >= 11 is 0. The standard InChI is InChI=1S/C28H30F3N3O5S/c1-3-4-12-39-23-16-21(15-22(17-23)28(29,30)31)24-32-26(37)27(33-24)8-10-34(11-9-27)40(38)13-7-19-5-6-20(25(35)36)14-18(19)2/h3,5-6,14-17H,1,4,7-13H2,2H3,(H,35,36)(H,32,33,37). The van der Waals surface area contributed by atoms with Crippen molar-refractivity contribution in [1.82, 2.24) is 9.62 Å². The zero-order valence-electron chi connectivity index (χ0n) is 21.9. The van der Waals surface area contributed by atoms with E-state index in [1.165, 1.54) is 12.1 Å². The Morgan fingerprint density at radius 2 is 1.98 bits per heavy atom. The minimum absolute atomic E-state index is 0.0163. The number of aromatic carboxylic acids is 1. The highest BCUT2D eigenvalue weighted by Crippen LogP contribution is 2.35. The molecule has 0 radical (unpaired) electrons. The monoisotopic (exact) mass is 577 g/mol. The topological polar surface area (TPSA) is 108 Å². The van der Waals surface area contributed by atoms with Gasteiger partial charge in [-0.2, -0.15) is 13.2 Å². The fraction of sp³-hybridized carbons (Fsp3) is 0.393. The Bertz CT molecular complexity index is 1370. The van der Waals surface area contributed by atoms with Crippen LogP contribution in [0, 0.1) is 6.92 Å². The van der Waals surface area contributed by atoms with Gasteiger partial charge < -0.3 is 15.2 Å². The van der Waals surface area contributed by atoms with Gasteiger partial charge in [0.05, 0.1) is 28.7 Å². The number of benzene rings is 2. The van der Waals surface area contributed by atoms with Crippen LogP contribution in [-0.4, -0.2) is 62.3 Å². The van der Waals surface area contributed by atoms with E-state index in [1.54, 1.807) is 22.5 Å². The van der Waals surface area contributed by atoms with E-state index in [0.29, 0.717) is 31.7 Å². The van der Waals surface area contributed by atoms with E-state index in [-0.39, 0.29) is 42.2 Å². The second-order valence-electron chi connectivity index (χ2n) is 9.77. The van der Waals surface area contributed by atoms with Gasteiger partial charge in [0.15, 0.2) is 0 Å². The molecule has 0 saturated carbocycles. The van der Waals surface area contributed by atoms with Gasteiger partial charge in [-0.1, -0.05) is 12.1 Å². The van der Waals surface area contributed by atoms with Gasteiger partial charge in [0, 0.05) is 24.4 Å². The Balaban J connectivity index is 1.43. The van der Waals surface area contributed by atoms with Crippen molar-refractivity contribution in [3.63, 3.8) is 0 Å². The number of carboxylic acids is 1. The Morgan fingerprint density at radius 3 is 2.60 bits per heavy atom. The van der Waals surface area contributed by atoms with Crippen molar-refractivity contribution in [2.24, 2.45) is 4.99 Å².